The first-order valence-corrected chi connectivity index (χ1v) is 7.70. The molecule has 1 rings (SSSR count). The van der Waals surface area contributed by atoms with E-state index in [2.05, 4.69) is 0 Å². The maximum Gasteiger partial charge on any atom is 0.307 e. The summed E-state index contributed by atoms with van der Waals surface area (Å²) in [5, 5.41) is 8.96. The maximum atomic E-state index is 12.2. The SMILES string of the molecule is CSc1ccc(CN(C)C(=O)C(C)C(C)C(=O)O)cc1. The number of benzene rings is 1. The highest BCUT2D eigenvalue weighted by atomic mass is 32.2. The van der Waals surface area contributed by atoms with Gasteiger partial charge in [0.25, 0.3) is 0 Å². The molecule has 0 saturated heterocycles. The van der Waals surface area contributed by atoms with Gasteiger partial charge in [-0.15, -0.1) is 11.8 Å². The number of carbonyl (C=O) groups is 2. The maximum absolute atomic E-state index is 12.2. The summed E-state index contributed by atoms with van der Waals surface area (Å²) in [6.07, 6.45) is 2.01. The van der Waals surface area contributed by atoms with Crippen molar-refractivity contribution in [3.05, 3.63) is 29.8 Å². The van der Waals surface area contributed by atoms with Crippen molar-refractivity contribution in [3.8, 4) is 0 Å². The monoisotopic (exact) mass is 295 g/mol. The minimum Gasteiger partial charge on any atom is -0.481 e. The average Bonchev–Trinajstić information content (AvgIpc) is 2.45. The third-order valence-electron chi connectivity index (χ3n) is 3.48. The molecule has 0 fully saturated rings. The molecular weight excluding hydrogens is 274 g/mol. The van der Waals surface area contributed by atoms with E-state index >= 15 is 0 Å². The van der Waals surface area contributed by atoms with Gasteiger partial charge < -0.3 is 10.0 Å². The van der Waals surface area contributed by atoms with Gasteiger partial charge in [-0.3, -0.25) is 9.59 Å². The van der Waals surface area contributed by atoms with Crippen LogP contribution in [-0.2, 0) is 16.1 Å². The minimum atomic E-state index is -0.941. The van der Waals surface area contributed by atoms with E-state index in [4.69, 9.17) is 5.11 Å². The Hall–Kier alpha value is -1.49. The van der Waals surface area contributed by atoms with Gasteiger partial charge in [0.2, 0.25) is 5.91 Å². The van der Waals surface area contributed by atoms with Crippen molar-refractivity contribution in [1.29, 1.82) is 0 Å². The van der Waals surface area contributed by atoms with Crippen LogP contribution >= 0.6 is 11.8 Å². The van der Waals surface area contributed by atoms with Crippen LogP contribution in [0.25, 0.3) is 0 Å². The lowest BCUT2D eigenvalue weighted by atomic mass is 9.95. The predicted octanol–water partition coefficient (Wildman–Crippen LogP) is 2.72. The summed E-state index contributed by atoms with van der Waals surface area (Å²) in [4.78, 5) is 25.9. The fraction of sp³-hybridized carbons (Fsp3) is 0.467. The van der Waals surface area contributed by atoms with E-state index in [1.807, 2.05) is 30.5 Å². The zero-order valence-electron chi connectivity index (χ0n) is 12.3. The van der Waals surface area contributed by atoms with Gasteiger partial charge in [0.05, 0.1) is 5.92 Å². The van der Waals surface area contributed by atoms with Crippen molar-refractivity contribution in [3.63, 3.8) is 0 Å². The van der Waals surface area contributed by atoms with Crippen molar-refractivity contribution in [2.75, 3.05) is 13.3 Å². The quantitative estimate of drug-likeness (QED) is 0.820. The van der Waals surface area contributed by atoms with Gasteiger partial charge in [-0.1, -0.05) is 26.0 Å². The molecule has 0 aliphatic carbocycles. The number of thioether (sulfide) groups is 1. The highest BCUT2D eigenvalue weighted by molar-refractivity contribution is 7.98. The number of carboxylic acid groups (broad SMARTS) is 1. The molecule has 110 valence electrons. The number of carbonyl (C=O) groups excluding carboxylic acids is 1. The molecule has 1 N–H and O–H groups in total. The number of hydrogen-bond donors (Lipinski definition) is 1. The van der Waals surface area contributed by atoms with Crippen molar-refractivity contribution >= 4 is 23.6 Å². The zero-order chi connectivity index (χ0) is 15.3. The van der Waals surface area contributed by atoms with Gasteiger partial charge in [-0.25, -0.2) is 0 Å². The van der Waals surface area contributed by atoms with Crippen LogP contribution in [0.2, 0.25) is 0 Å². The molecule has 0 radical (unpaired) electrons. The minimum absolute atomic E-state index is 0.145. The van der Waals surface area contributed by atoms with Crippen LogP contribution in [-0.4, -0.2) is 35.2 Å². The lowest BCUT2D eigenvalue weighted by Crippen LogP contribution is -2.36. The Kier molecular flexibility index (Phi) is 6.07. The van der Waals surface area contributed by atoms with Crippen molar-refractivity contribution in [1.82, 2.24) is 4.90 Å². The van der Waals surface area contributed by atoms with E-state index in [-0.39, 0.29) is 5.91 Å². The van der Waals surface area contributed by atoms with Crippen molar-refractivity contribution < 1.29 is 14.7 Å². The van der Waals surface area contributed by atoms with Gasteiger partial charge in [-0.2, -0.15) is 0 Å². The lowest BCUT2D eigenvalue weighted by molar-refractivity contribution is -0.148. The molecule has 0 aromatic heterocycles. The molecule has 0 heterocycles. The standard InChI is InChI=1S/C15H21NO3S/c1-10(11(2)15(18)19)14(17)16(3)9-12-5-7-13(20-4)8-6-12/h5-8,10-11H,9H2,1-4H3,(H,18,19). The molecule has 1 aromatic rings. The Morgan fingerprint density at radius 1 is 1.20 bits per heavy atom. The van der Waals surface area contributed by atoms with Crippen LogP contribution in [0, 0.1) is 11.8 Å². The van der Waals surface area contributed by atoms with Crippen molar-refractivity contribution in [2.45, 2.75) is 25.3 Å². The Morgan fingerprint density at radius 3 is 2.20 bits per heavy atom. The predicted molar refractivity (Wildman–Crippen MR) is 80.7 cm³/mol. The first kappa shape index (κ1) is 16.6. The highest BCUT2D eigenvalue weighted by Crippen LogP contribution is 2.18. The second kappa shape index (κ2) is 7.33. The molecule has 0 spiro atoms. The van der Waals surface area contributed by atoms with Crippen LogP contribution in [0.3, 0.4) is 0 Å². The first-order chi connectivity index (χ1) is 9.36. The average molecular weight is 295 g/mol. The number of aliphatic carboxylic acids is 1. The number of rotatable bonds is 6. The third kappa shape index (κ3) is 4.27. The third-order valence-corrected chi connectivity index (χ3v) is 4.23. The molecule has 5 heteroatoms. The van der Waals surface area contributed by atoms with Gasteiger partial charge >= 0.3 is 5.97 Å². The molecule has 0 bridgehead atoms. The fourth-order valence-electron chi connectivity index (χ4n) is 1.86. The molecule has 0 aliphatic rings. The zero-order valence-corrected chi connectivity index (χ0v) is 13.1. The van der Waals surface area contributed by atoms with Crippen LogP contribution in [0.1, 0.15) is 19.4 Å². The Morgan fingerprint density at radius 2 is 1.75 bits per heavy atom. The van der Waals surface area contributed by atoms with Crippen LogP contribution in [0.5, 0.6) is 0 Å². The van der Waals surface area contributed by atoms with Crippen molar-refractivity contribution in [2.24, 2.45) is 11.8 Å². The molecule has 4 nitrogen and oxygen atoms in total. The number of nitrogens with zero attached hydrogens (tertiary/aromatic N) is 1. The second-order valence-corrected chi connectivity index (χ2v) is 5.84. The Labute approximate surface area is 124 Å². The molecular formula is C15H21NO3S. The fourth-order valence-corrected chi connectivity index (χ4v) is 2.27. The van der Waals surface area contributed by atoms with E-state index in [1.54, 1.807) is 37.6 Å². The molecule has 0 saturated carbocycles. The lowest BCUT2D eigenvalue weighted by Gasteiger charge is -2.23. The van der Waals surface area contributed by atoms with Gasteiger partial charge in [0, 0.05) is 24.4 Å². The van der Waals surface area contributed by atoms with E-state index < -0.39 is 17.8 Å². The summed E-state index contributed by atoms with van der Waals surface area (Å²) in [5.41, 5.74) is 1.04. The molecule has 1 amide bonds. The summed E-state index contributed by atoms with van der Waals surface area (Å²) < 4.78 is 0. The van der Waals surface area contributed by atoms with Crippen LogP contribution in [0.4, 0.5) is 0 Å². The van der Waals surface area contributed by atoms with E-state index in [9.17, 15) is 9.59 Å². The van der Waals surface area contributed by atoms with Crippen LogP contribution in [0.15, 0.2) is 29.2 Å². The van der Waals surface area contributed by atoms with E-state index in [1.165, 1.54) is 4.90 Å². The Bertz CT molecular complexity index is 473. The van der Waals surface area contributed by atoms with Gasteiger partial charge in [-0.05, 0) is 24.0 Å². The molecule has 20 heavy (non-hydrogen) atoms. The van der Waals surface area contributed by atoms with E-state index in [0.717, 1.165) is 5.56 Å². The number of carboxylic acids is 1. The summed E-state index contributed by atoms with van der Waals surface area (Å²) >= 11 is 1.67. The molecule has 2 atom stereocenters. The number of hydrogen-bond acceptors (Lipinski definition) is 3. The normalized spacial score (nSPS) is 13.6. The highest BCUT2D eigenvalue weighted by Gasteiger charge is 2.27. The molecule has 0 aliphatic heterocycles. The molecule has 2 unspecified atom stereocenters. The van der Waals surface area contributed by atoms with Gasteiger partial charge in [0.15, 0.2) is 0 Å². The summed E-state index contributed by atoms with van der Waals surface area (Å²) in [5.74, 6) is -2.29. The summed E-state index contributed by atoms with van der Waals surface area (Å²) in [6.45, 7) is 3.71. The topological polar surface area (TPSA) is 57.6 Å². The summed E-state index contributed by atoms with van der Waals surface area (Å²) in [6, 6.07) is 8.01. The Balaban J connectivity index is 2.67. The second-order valence-electron chi connectivity index (χ2n) is 4.96. The van der Waals surface area contributed by atoms with E-state index in [0.29, 0.717) is 6.54 Å². The van der Waals surface area contributed by atoms with Gasteiger partial charge in [0.1, 0.15) is 0 Å². The number of amides is 1. The smallest absolute Gasteiger partial charge is 0.307 e. The van der Waals surface area contributed by atoms with Crippen LogP contribution < -0.4 is 0 Å². The summed E-state index contributed by atoms with van der Waals surface area (Å²) in [7, 11) is 1.70. The largest absolute Gasteiger partial charge is 0.481 e. The molecule has 1 aromatic carbocycles. The first-order valence-electron chi connectivity index (χ1n) is 6.47.